The third-order valence-electron chi connectivity index (χ3n) is 3.31. The predicted molar refractivity (Wildman–Crippen MR) is 62.0 cm³/mol. The molecule has 0 saturated heterocycles. The summed E-state index contributed by atoms with van der Waals surface area (Å²) in [7, 11) is 0. The summed E-state index contributed by atoms with van der Waals surface area (Å²) in [4.78, 5) is 0. The van der Waals surface area contributed by atoms with Crippen LogP contribution in [-0.4, -0.2) is 16.7 Å². The molecule has 1 atom stereocenters. The molecule has 1 saturated carbocycles. The van der Waals surface area contributed by atoms with E-state index < -0.39 is 0 Å². The molecule has 5 nitrogen and oxygen atoms in total. The molecule has 1 aliphatic rings. The maximum atomic E-state index is 5.65. The lowest BCUT2D eigenvalue weighted by molar-refractivity contribution is 0.356. The Kier molecular flexibility index (Phi) is 3.14. The Labute approximate surface area is 95.8 Å². The zero-order chi connectivity index (χ0) is 11.6. The van der Waals surface area contributed by atoms with Gasteiger partial charge in [-0.05, 0) is 25.2 Å². The minimum absolute atomic E-state index is 0.204. The van der Waals surface area contributed by atoms with Gasteiger partial charge in [0.05, 0.1) is 6.04 Å². The van der Waals surface area contributed by atoms with Crippen LogP contribution in [-0.2, 0) is 0 Å². The van der Waals surface area contributed by atoms with Gasteiger partial charge in [-0.3, -0.25) is 0 Å². The molecule has 1 aliphatic carbocycles. The van der Waals surface area contributed by atoms with Crippen molar-refractivity contribution in [3.8, 4) is 0 Å². The fourth-order valence-electron chi connectivity index (χ4n) is 2.18. The monoisotopic (exact) mass is 224 g/mol. The number of nitrogens with zero attached hydrogens (tertiary/aromatic N) is 2. The molecular formula is C11H20N4O. The van der Waals surface area contributed by atoms with Crippen LogP contribution in [0.1, 0.15) is 51.5 Å². The van der Waals surface area contributed by atoms with Crippen molar-refractivity contribution in [1.82, 2.24) is 10.2 Å². The van der Waals surface area contributed by atoms with Gasteiger partial charge in [-0.2, -0.15) is 0 Å². The molecule has 1 aromatic rings. The highest BCUT2D eigenvalue weighted by Crippen LogP contribution is 2.37. The van der Waals surface area contributed by atoms with E-state index in [-0.39, 0.29) is 6.04 Å². The predicted octanol–water partition coefficient (Wildman–Crippen LogP) is 2.08. The van der Waals surface area contributed by atoms with Crippen molar-refractivity contribution in [2.75, 3.05) is 11.9 Å². The van der Waals surface area contributed by atoms with Gasteiger partial charge in [-0.25, -0.2) is 0 Å². The van der Waals surface area contributed by atoms with E-state index in [1.165, 1.54) is 25.7 Å². The minimum atomic E-state index is -0.204. The fraction of sp³-hybridized carbons (Fsp3) is 0.818. The Morgan fingerprint density at radius 3 is 2.69 bits per heavy atom. The summed E-state index contributed by atoms with van der Waals surface area (Å²) in [5.41, 5.74) is 6.03. The van der Waals surface area contributed by atoms with E-state index in [1.54, 1.807) is 0 Å². The van der Waals surface area contributed by atoms with Crippen molar-refractivity contribution in [2.45, 2.75) is 45.6 Å². The Morgan fingerprint density at radius 1 is 1.44 bits per heavy atom. The molecule has 0 aliphatic heterocycles. The number of hydrogen-bond donors (Lipinski definition) is 2. The number of anilines is 1. The summed E-state index contributed by atoms with van der Waals surface area (Å²) in [5.74, 6) is 0.485. The second-order valence-corrected chi connectivity index (χ2v) is 5.11. The normalized spacial score (nSPS) is 20.9. The van der Waals surface area contributed by atoms with E-state index in [2.05, 4.69) is 22.4 Å². The summed E-state index contributed by atoms with van der Waals surface area (Å²) in [6.07, 6.45) is 5.20. The second kappa shape index (κ2) is 4.41. The van der Waals surface area contributed by atoms with Crippen molar-refractivity contribution in [3.63, 3.8) is 0 Å². The van der Waals surface area contributed by atoms with Gasteiger partial charge in [0.25, 0.3) is 0 Å². The van der Waals surface area contributed by atoms with E-state index in [9.17, 15) is 0 Å². The summed E-state index contributed by atoms with van der Waals surface area (Å²) < 4.78 is 5.39. The highest BCUT2D eigenvalue weighted by atomic mass is 16.4. The molecule has 0 amide bonds. The Morgan fingerprint density at radius 2 is 2.12 bits per heavy atom. The van der Waals surface area contributed by atoms with Crippen molar-refractivity contribution >= 4 is 6.01 Å². The molecule has 3 N–H and O–H groups in total. The van der Waals surface area contributed by atoms with Crippen molar-refractivity contribution in [1.29, 1.82) is 0 Å². The first-order valence-electron chi connectivity index (χ1n) is 5.92. The fourth-order valence-corrected chi connectivity index (χ4v) is 2.18. The van der Waals surface area contributed by atoms with E-state index in [1.807, 2.05) is 6.92 Å². The second-order valence-electron chi connectivity index (χ2n) is 5.11. The molecule has 0 bridgehead atoms. The van der Waals surface area contributed by atoms with E-state index in [0.717, 1.165) is 6.54 Å². The van der Waals surface area contributed by atoms with Crippen LogP contribution in [0, 0.1) is 5.41 Å². The Bertz CT molecular complexity index is 342. The van der Waals surface area contributed by atoms with Gasteiger partial charge in [0.15, 0.2) is 0 Å². The molecule has 5 heteroatoms. The van der Waals surface area contributed by atoms with Crippen LogP contribution < -0.4 is 11.1 Å². The lowest BCUT2D eigenvalue weighted by Gasteiger charge is -2.22. The molecule has 2 rings (SSSR count). The average molecular weight is 224 g/mol. The summed E-state index contributed by atoms with van der Waals surface area (Å²) in [5, 5.41) is 11.0. The maximum absolute atomic E-state index is 5.65. The largest absolute Gasteiger partial charge is 0.406 e. The lowest BCUT2D eigenvalue weighted by atomic mass is 9.89. The molecule has 90 valence electrons. The molecule has 1 heterocycles. The van der Waals surface area contributed by atoms with Crippen LogP contribution in [0.4, 0.5) is 6.01 Å². The highest BCUT2D eigenvalue weighted by molar-refractivity contribution is 5.18. The van der Waals surface area contributed by atoms with Crippen LogP contribution in [0.2, 0.25) is 0 Å². The first-order valence-corrected chi connectivity index (χ1v) is 5.92. The molecule has 0 spiro atoms. The highest BCUT2D eigenvalue weighted by Gasteiger charge is 2.28. The van der Waals surface area contributed by atoms with Gasteiger partial charge in [-0.15, -0.1) is 5.10 Å². The van der Waals surface area contributed by atoms with Gasteiger partial charge in [0, 0.05) is 6.54 Å². The molecule has 1 aromatic heterocycles. The number of nitrogens with one attached hydrogen (secondary N) is 1. The molecule has 16 heavy (non-hydrogen) atoms. The number of rotatable bonds is 4. The summed E-state index contributed by atoms with van der Waals surface area (Å²) in [6, 6.07) is 0.283. The zero-order valence-corrected chi connectivity index (χ0v) is 9.99. The van der Waals surface area contributed by atoms with Crippen molar-refractivity contribution < 1.29 is 4.42 Å². The van der Waals surface area contributed by atoms with Crippen LogP contribution in [0.5, 0.6) is 0 Å². The molecule has 0 radical (unpaired) electrons. The van der Waals surface area contributed by atoms with Crippen LogP contribution in [0.15, 0.2) is 4.42 Å². The third-order valence-corrected chi connectivity index (χ3v) is 3.31. The topological polar surface area (TPSA) is 77.0 Å². The number of aromatic nitrogens is 2. The van der Waals surface area contributed by atoms with Gasteiger partial charge in [0.1, 0.15) is 0 Å². The zero-order valence-electron chi connectivity index (χ0n) is 9.99. The first kappa shape index (κ1) is 11.4. The van der Waals surface area contributed by atoms with E-state index in [4.69, 9.17) is 10.2 Å². The average Bonchev–Trinajstić information content (AvgIpc) is 2.84. The summed E-state index contributed by atoms with van der Waals surface area (Å²) >= 11 is 0. The third kappa shape index (κ3) is 2.52. The molecule has 0 aromatic carbocycles. The molecule has 1 unspecified atom stereocenters. The van der Waals surface area contributed by atoms with Crippen LogP contribution in [0.25, 0.3) is 0 Å². The first-order chi connectivity index (χ1) is 7.59. The van der Waals surface area contributed by atoms with E-state index >= 15 is 0 Å². The van der Waals surface area contributed by atoms with Crippen molar-refractivity contribution in [2.24, 2.45) is 11.1 Å². The Hall–Kier alpha value is -1.10. The SMILES string of the molecule is CC(N)c1nnc(NCC2(C)CCCC2)o1. The van der Waals surface area contributed by atoms with E-state index in [0.29, 0.717) is 17.3 Å². The van der Waals surface area contributed by atoms with Gasteiger partial charge < -0.3 is 15.5 Å². The van der Waals surface area contributed by atoms with Crippen molar-refractivity contribution in [3.05, 3.63) is 5.89 Å². The standard InChI is InChI=1S/C11H20N4O/c1-8(12)9-14-15-10(16-9)13-7-11(2)5-3-4-6-11/h8H,3-7,12H2,1-2H3,(H,13,15). The van der Waals surface area contributed by atoms with Gasteiger partial charge in [0.2, 0.25) is 5.89 Å². The smallest absolute Gasteiger partial charge is 0.315 e. The molecular weight excluding hydrogens is 204 g/mol. The quantitative estimate of drug-likeness (QED) is 0.818. The van der Waals surface area contributed by atoms with Crippen LogP contribution in [0.3, 0.4) is 0 Å². The number of nitrogens with two attached hydrogens (primary N) is 1. The Balaban J connectivity index is 1.89. The van der Waals surface area contributed by atoms with Crippen LogP contribution >= 0.6 is 0 Å². The van der Waals surface area contributed by atoms with Gasteiger partial charge in [-0.1, -0.05) is 24.9 Å². The van der Waals surface area contributed by atoms with Gasteiger partial charge >= 0.3 is 6.01 Å². The molecule has 1 fully saturated rings. The maximum Gasteiger partial charge on any atom is 0.315 e. The lowest BCUT2D eigenvalue weighted by Crippen LogP contribution is -2.23. The summed E-state index contributed by atoms with van der Waals surface area (Å²) in [6.45, 7) is 5.03. The number of hydrogen-bond acceptors (Lipinski definition) is 5. The minimum Gasteiger partial charge on any atom is -0.406 e.